The second kappa shape index (κ2) is 11.5. The summed E-state index contributed by atoms with van der Waals surface area (Å²) in [4.78, 5) is 26.9. The lowest BCUT2D eigenvalue weighted by atomic mass is 10.1. The molecule has 0 bridgehead atoms. The van der Waals surface area contributed by atoms with Gasteiger partial charge in [0.05, 0.1) is 5.75 Å². The van der Waals surface area contributed by atoms with Crippen LogP contribution in [0.3, 0.4) is 0 Å². The second-order valence-corrected chi connectivity index (χ2v) is 8.68. The zero-order valence-corrected chi connectivity index (χ0v) is 19.1. The highest BCUT2D eigenvalue weighted by atomic mass is 79.9. The number of carbonyl (C=O) groups excluding carboxylic acids is 2. The lowest BCUT2D eigenvalue weighted by Crippen LogP contribution is -2.48. The van der Waals surface area contributed by atoms with Crippen molar-refractivity contribution in [3.8, 4) is 0 Å². The molecule has 1 N–H and O–H groups in total. The van der Waals surface area contributed by atoms with Crippen molar-refractivity contribution in [3.63, 3.8) is 0 Å². The van der Waals surface area contributed by atoms with Crippen LogP contribution in [0.15, 0.2) is 53.0 Å². The van der Waals surface area contributed by atoms with Crippen molar-refractivity contribution in [2.24, 2.45) is 0 Å². The molecule has 0 radical (unpaired) electrons. The van der Waals surface area contributed by atoms with E-state index < -0.39 is 6.04 Å². The molecule has 0 aliphatic carbocycles. The summed E-state index contributed by atoms with van der Waals surface area (Å²) in [6, 6.07) is 14.8. The molecule has 2 aromatic rings. The summed E-state index contributed by atoms with van der Waals surface area (Å²) in [5.74, 6) is 0.843. The predicted octanol–water partition coefficient (Wildman–Crippen LogP) is 4.89. The molecule has 0 saturated heterocycles. The van der Waals surface area contributed by atoms with Crippen LogP contribution >= 0.6 is 39.3 Å². The van der Waals surface area contributed by atoms with E-state index in [4.69, 9.17) is 11.6 Å². The van der Waals surface area contributed by atoms with Crippen molar-refractivity contribution in [2.45, 2.75) is 32.2 Å². The van der Waals surface area contributed by atoms with Crippen molar-refractivity contribution in [3.05, 3.63) is 69.2 Å². The van der Waals surface area contributed by atoms with Crippen LogP contribution in [0.4, 0.5) is 0 Å². The van der Waals surface area contributed by atoms with Gasteiger partial charge in [0.1, 0.15) is 6.04 Å². The second-order valence-electron chi connectivity index (χ2n) is 6.34. The van der Waals surface area contributed by atoms with Gasteiger partial charge >= 0.3 is 0 Å². The van der Waals surface area contributed by atoms with Gasteiger partial charge in [0, 0.05) is 28.3 Å². The van der Waals surface area contributed by atoms with Crippen molar-refractivity contribution in [2.75, 3.05) is 12.3 Å². The Balaban J connectivity index is 2.03. The molecule has 4 nitrogen and oxygen atoms in total. The molecule has 0 saturated carbocycles. The van der Waals surface area contributed by atoms with Gasteiger partial charge in [0.2, 0.25) is 11.8 Å². The van der Waals surface area contributed by atoms with Gasteiger partial charge in [-0.3, -0.25) is 9.59 Å². The quantitative estimate of drug-likeness (QED) is 0.552. The summed E-state index contributed by atoms with van der Waals surface area (Å²) in [6.07, 6.45) is 0. The molecule has 1 unspecified atom stereocenters. The summed E-state index contributed by atoms with van der Waals surface area (Å²) in [7, 11) is 0. The van der Waals surface area contributed by atoms with Gasteiger partial charge in [-0.25, -0.2) is 0 Å². The third-order valence-corrected chi connectivity index (χ3v) is 5.96. The van der Waals surface area contributed by atoms with E-state index in [1.807, 2.05) is 43.3 Å². The predicted molar refractivity (Wildman–Crippen MR) is 120 cm³/mol. The molecule has 0 aromatic heterocycles. The summed E-state index contributed by atoms with van der Waals surface area (Å²) >= 11 is 10.9. The monoisotopic (exact) mass is 482 g/mol. The number of rotatable bonds is 9. The lowest BCUT2D eigenvalue weighted by molar-refractivity contribution is -0.138. The Kier molecular flexibility index (Phi) is 9.35. The first-order chi connectivity index (χ1) is 13.4. The van der Waals surface area contributed by atoms with E-state index in [2.05, 4.69) is 21.2 Å². The average Bonchev–Trinajstić information content (AvgIpc) is 2.68. The topological polar surface area (TPSA) is 49.4 Å². The van der Waals surface area contributed by atoms with Crippen molar-refractivity contribution in [1.82, 2.24) is 10.2 Å². The summed E-state index contributed by atoms with van der Waals surface area (Å²) in [5.41, 5.74) is 2.09. The Morgan fingerprint density at radius 3 is 2.32 bits per heavy atom. The van der Waals surface area contributed by atoms with Crippen molar-refractivity contribution in [1.29, 1.82) is 0 Å². The van der Waals surface area contributed by atoms with Gasteiger partial charge in [-0.1, -0.05) is 51.8 Å². The molecule has 28 heavy (non-hydrogen) atoms. The molecule has 2 amide bonds. The number of carbonyl (C=O) groups is 2. The van der Waals surface area contributed by atoms with E-state index in [1.54, 1.807) is 35.7 Å². The van der Waals surface area contributed by atoms with Gasteiger partial charge in [0.15, 0.2) is 0 Å². The van der Waals surface area contributed by atoms with Crippen LogP contribution in [0.1, 0.15) is 25.0 Å². The van der Waals surface area contributed by atoms with E-state index >= 15 is 0 Å². The Hall–Kier alpha value is -1.50. The highest BCUT2D eigenvalue weighted by Crippen LogP contribution is 2.18. The summed E-state index contributed by atoms with van der Waals surface area (Å²) in [6.45, 7) is 4.53. The normalized spacial score (nSPS) is 11.7. The first-order valence-electron chi connectivity index (χ1n) is 9.04. The number of amides is 2. The van der Waals surface area contributed by atoms with E-state index in [0.717, 1.165) is 21.4 Å². The average molecular weight is 484 g/mol. The number of likely N-dealkylation sites (N-methyl/N-ethyl adjacent to an activating group) is 1. The number of hydrogen-bond donors (Lipinski definition) is 1. The first-order valence-corrected chi connectivity index (χ1v) is 11.4. The minimum absolute atomic E-state index is 0.0594. The third-order valence-electron chi connectivity index (χ3n) is 4.19. The zero-order chi connectivity index (χ0) is 20.5. The SMILES string of the molecule is CCNC(=O)C(C)N(Cc1ccc(Cl)cc1)C(=O)CSCc1ccc(Br)cc1. The van der Waals surface area contributed by atoms with Crippen LogP contribution in [-0.4, -0.2) is 35.1 Å². The number of nitrogens with zero attached hydrogens (tertiary/aromatic N) is 1. The highest BCUT2D eigenvalue weighted by molar-refractivity contribution is 9.10. The maximum Gasteiger partial charge on any atom is 0.242 e. The maximum atomic E-state index is 12.9. The van der Waals surface area contributed by atoms with Crippen LogP contribution in [0.2, 0.25) is 5.02 Å². The Morgan fingerprint density at radius 1 is 1.11 bits per heavy atom. The molecule has 0 heterocycles. The largest absolute Gasteiger partial charge is 0.355 e. The van der Waals surface area contributed by atoms with Gasteiger partial charge in [-0.05, 0) is 49.2 Å². The lowest BCUT2D eigenvalue weighted by Gasteiger charge is -2.28. The Bertz CT molecular complexity index is 784. The molecule has 1 atom stereocenters. The Labute approximate surface area is 184 Å². The fourth-order valence-electron chi connectivity index (χ4n) is 2.61. The van der Waals surface area contributed by atoms with Gasteiger partial charge < -0.3 is 10.2 Å². The van der Waals surface area contributed by atoms with Crippen LogP contribution < -0.4 is 5.32 Å². The van der Waals surface area contributed by atoms with Crippen LogP contribution in [0.25, 0.3) is 0 Å². The molecule has 0 aliphatic heterocycles. The molecule has 2 aromatic carbocycles. The van der Waals surface area contributed by atoms with E-state index in [9.17, 15) is 9.59 Å². The molecular formula is C21H24BrClN2O2S. The van der Waals surface area contributed by atoms with Gasteiger partial charge in [-0.15, -0.1) is 11.8 Å². The van der Waals surface area contributed by atoms with Crippen molar-refractivity contribution >= 4 is 51.1 Å². The molecular weight excluding hydrogens is 460 g/mol. The van der Waals surface area contributed by atoms with Crippen LogP contribution in [-0.2, 0) is 21.9 Å². The standard InChI is InChI=1S/C21H24BrClN2O2S/c1-3-24-21(27)15(2)25(12-16-6-10-19(23)11-7-16)20(26)14-28-13-17-4-8-18(22)9-5-17/h4-11,15H,3,12-14H2,1-2H3,(H,24,27). The Morgan fingerprint density at radius 2 is 1.71 bits per heavy atom. The minimum Gasteiger partial charge on any atom is -0.355 e. The summed E-state index contributed by atoms with van der Waals surface area (Å²) < 4.78 is 1.03. The number of benzene rings is 2. The van der Waals surface area contributed by atoms with E-state index in [0.29, 0.717) is 23.9 Å². The molecule has 150 valence electrons. The van der Waals surface area contributed by atoms with Crippen LogP contribution in [0, 0.1) is 0 Å². The molecule has 2 rings (SSSR count). The fraction of sp³-hybridized carbons (Fsp3) is 0.333. The van der Waals surface area contributed by atoms with Gasteiger partial charge in [0.25, 0.3) is 0 Å². The molecule has 7 heteroatoms. The third kappa shape index (κ3) is 7.15. The zero-order valence-electron chi connectivity index (χ0n) is 16.0. The first kappa shape index (κ1) is 22.8. The number of halogens is 2. The van der Waals surface area contributed by atoms with E-state index in [-0.39, 0.29) is 11.8 Å². The number of thioether (sulfide) groups is 1. The van der Waals surface area contributed by atoms with Gasteiger partial charge in [-0.2, -0.15) is 0 Å². The fourth-order valence-corrected chi connectivity index (χ4v) is 3.87. The van der Waals surface area contributed by atoms with E-state index in [1.165, 1.54) is 0 Å². The van der Waals surface area contributed by atoms with Crippen molar-refractivity contribution < 1.29 is 9.59 Å². The minimum atomic E-state index is -0.545. The number of hydrogen-bond acceptors (Lipinski definition) is 3. The molecule has 0 fully saturated rings. The maximum absolute atomic E-state index is 12.9. The molecule has 0 spiro atoms. The van der Waals surface area contributed by atoms with Crippen LogP contribution in [0.5, 0.6) is 0 Å². The number of nitrogens with one attached hydrogen (secondary N) is 1. The smallest absolute Gasteiger partial charge is 0.242 e. The summed E-state index contributed by atoms with van der Waals surface area (Å²) in [5, 5.41) is 3.44. The highest BCUT2D eigenvalue weighted by Gasteiger charge is 2.25. The molecule has 0 aliphatic rings.